The Morgan fingerprint density at radius 2 is 1.89 bits per heavy atom. The maximum absolute atomic E-state index is 12.0. The van der Waals surface area contributed by atoms with Gasteiger partial charge in [-0.3, -0.25) is 0 Å². The van der Waals surface area contributed by atoms with Crippen LogP contribution in [-0.4, -0.2) is 18.8 Å². The van der Waals surface area contributed by atoms with Crippen LogP contribution in [0.2, 0.25) is 0 Å². The van der Waals surface area contributed by atoms with Crippen LogP contribution < -0.4 is 10.5 Å². The first-order chi connectivity index (χ1) is 8.37. The molecule has 1 fully saturated rings. The Labute approximate surface area is 104 Å². The fourth-order valence-corrected chi connectivity index (χ4v) is 2.24. The van der Waals surface area contributed by atoms with Crippen LogP contribution >= 0.6 is 0 Å². The largest absolute Gasteiger partial charge is 0.484 e. The molecule has 0 amide bonds. The Hall–Kier alpha value is -1.23. The second kappa shape index (κ2) is 4.80. The molecule has 5 heteroatoms. The first-order valence-electron chi connectivity index (χ1n) is 5.92. The molecule has 2 N–H and O–H groups in total. The second-order valence-electron chi connectivity index (χ2n) is 4.84. The lowest BCUT2D eigenvalue weighted by Crippen LogP contribution is -2.44. The minimum absolute atomic E-state index is 0.233. The van der Waals surface area contributed by atoms with E-state index in [1.165, 1.54) is 0 Å². The molecule has 100 valence electrons. The smallest absolute Gasteiger partial charge is 0.422 e. The highest BCUT2D eigenvalue weighted by Gasteiger charge is 2.35. The van der Waals surface area contributed by atoms with Gasteiger partial charge in [-0.25, -0.2) is 0 Å². The number of halogens is 3. The van der Waals surface area contributed by atoms with Gasteiger partial charge in [0, 0.05) is 6.04 Å². The summed E-state index contributed by atoms with van der Waals surface area (Å²) in [5.74, 6) is 1.08. The van der Waals surface area contributed by atoms with Crippen molar-refractivity contribution in [1.29, 1.82) is 0 Å². The second-order valence-corrected chi connectivity index (χ2v) is 4.84. The average Bonchev–Trinajstić information content (AvgIpc) is 2.33. The standard InChI is InChI=1S/C13H16F3NO/c1-8-11(6-12(8)17)9-2-4-10(5-3-9)18-7-13(14,15)16/h2-5,8,11-12H,6-7,17H2,1H3. The molecule has 0 aromatic heterocycles. The zero-order chi connectivity index (χ0) is 13.3. The Morgan fingerprint density at radius 1 is 1.28 bits per heavy atom. The summed E-state index contributed by atoms with van der Waals surface area (Å²) < 4.78 is 40.6. The molecule has 2 rings (SSSR count). The molecule has 0 radical (unpaired) electrons. The van der Waals surface area contributed by atoms with Crippen molar-refractivity contribution in [3.63, 3.8) is 0 Å². The number of hydrogen-bond acceptors (Lipinski definition) is 2. The van der Waals surface area contributed by atoms with Gasteiger partial charge in [0.25, 0.3) is 0 Å². The molecule has 0 aliphatic heterocycles. The zero-order valence-corrected chi connectivity index (χ0v) is 10.1. The molecular weight excluding hydrogens is 243 g/mol. The van der Waals surface area contributed by atoms with Crippen molar-refractivity contribution < 1.29 is 17.9 Å². The van der Waals surface area contributed by atoms with Gasteiger partial charge in [0.1, 0.15) is 5.75 Å². The first kappa shape index (κ1) is 13.2. The van der Waals surface area contributed by atoms with E-state index in [0.717, 1.165) is 12.0 Å². The summed E-state index contributed by atoms with van der Waals surface area (Å²) >= 11 is 0. The van der Waals surface area contributed by atoms with Crippen LogP contribution in [0.4, 0.5) is 13.2 Å². The van der Waals surface area contributed by atoms with Crippen LogP contribution in [0.1, 0.15) is 24.8 Å². The summed E-state index contributed by atoms with van der Waals surface area (Å²) in [4.78, 5) is 0. The van der Waals surface area contributed by atoms with E-state index in [0.29, 0.717) is 11.8 Å². The van der Waals surface area contributed by atoms with E-state index >= 15 is 0 Å². The number of alkyl halides is 3. The predicted molar refractivity (Wildman–Crippen MR) is 62.5 cm³/mol. The normalized spacial score (nSPS) is 27.7. The SMILES string of the molecule is CC1C(N)CC1c1ccc(OCC(F)(F)F)cc1. The van der Waals surface area contributed by atoms with E-state index in [4.69, 9.17) is 5.73 Å². The Morgan fingerprint density at radius 3 is 2.33 bits per heavy atom. The van der Waals surface area contributed by atoms with Gasteiger partial charge in [-0.05, 0) is 36.0 Å². The van der Waals surface area contributed by atoms with Gasteiger partial charge in [0.05, 0.1) is 0 Å². The first-order valence-corrected chi connectivity index (χ1v) is 5.92. The van der Waals surface area contributed by atoms with Crippen LogP contribution in [0.3, 0.4) is 0 Å². The van der Waals surface area contributed by atoms with E-state index in [9.17, 15) is 13.2 Å². The van der Waals surface area contributed by atoms with Gasteiger partial charge in [-0.15, -0.1) is 0 Å². The molecule has 18 heavy (non-hydrogen) atoms. The number of benzene rings is 1. The fraction of sp³-hybridized carbons (Fsp3) is 0.538. The maximum Gasteiger partial charge on any atom is 0.422 e. The van der Waals surface area contributed by atoms with E-state index in [2.05, 4.69) is 11.7 Å². The van der Waals surface area contributed by atoms with Crippen LogP contribution in [0.5, 0.6) is 5.75 Å². The quantitative estimate of drug-likeness (QED) is 0.905. The molecule has 3 atom stereocenters. The minimum Gasteiger partial charge on any atom is -0.484 e. The third-order valence-electron chi connectivity index (χ3n) is 3.55. The monoisotopic (exact) mass is 259 g/mol. The van der Waals surface area contributed by atoms with Crippen LogP contribution in [0.25, 0.3) is 0 Å². The van der Waals surface area contributed by atoms with Gasteiger partial charge in [-0.2, -0.15) is 13.2 Å². The number of nitrogens with two attached hydrogens (primary N) is 1. The Balaban J connectivity index is 1.94. The molecule has 3 unspecified atom stereocenters. The number of rotatable bonds is 3. The highest BCUT2D eigenvalue weighted by molar-refractivity contribution is 5.31. The van der Waals surface area contributed by atoms with E-state index < -0.39 is 12.8 Å². The molecule has 1 aromatic carbocycles. The Kier molecular flexibility index (Phi) is 3.52. The van der Waals surface area contributed by atoms with Gasteiger partial charge in [-0.1, -0.05) is 19.1 Å². The van der Waals surface area contributed by atoms with E-state index in [1.807, 2.05) is 12.1 Å². The molecular formula is C13H16F3NO. The zero-order valence-electron chi connectivity index (χ0n) is 10.1. The van der Waals surface area contributed by atoms with Crippen molar-refractivity contribution in [2.45, 2.75) is 31.5 Å². The third kappa shape index (κ3) is 2.96. The lowest BCUT2D eigenvalue weighted by Gasteiger charge is -2.40. The highest BCUT2D eigenvalue weighted by atomic mass is 19.4. The van der Waals surface area contributed by atoms with Crippen molar-refractivity contribution in [1.82, 2.24) is 0 Å². The average molecular weight is 259 g/mol. The molecule has 1 aromatic rings. The number of hydrogen-bond donors (Lipinski definition) is 1. The number of ether oxygens (including phenoxy) is 1. The molecule has 0 saturated heterocycles. The van der Waals surface area contributed by atoms with Crippen LogP contribution in [0.15, 0.2) is 24.3 Å². The Bertz CT molecular complexity index is 402. The van der Waals surface area contributed by atoms with E-state index in [-0.39, 0.29) is 11.8 Å². The molecule has 0 bridgehead atoms. The highest BCUT2D eigenvalue weighted by Crippen LogP contribution is 2.41. The van der Waals surface area contributed by atoms with Gasteiger partial charge in [0.2, 0.25) is 0 Å². The summed E-state index contributed by atoms with van der Waals surface area (Å²) in [6.07, 6.45) is -3.36. The van der Waals surface area contributed by atoms with Crippen molar-refractivity contribution >= 4 is 0 Å². The van der Waals surface area contributed by atoms with E-state index in [1.54, 1.807) is 12.1 Å². The van der Waals surface area contributed by atoms with Crippen molar-refractivity contribution in [2.24, 2.45) is 11.7 Å². The van der Waals surface area contributed by atoms with Crippen molar-refractivity contribution in [2.75, 3.05) is 6.61 Å². The summed E-state index contributed by atoms with van der Waals surface area (Å²) in [7, 11) is 0. The van der Waals surface area contributed by atoms with Crippen molar-refractivity contribution in [3.05, 3.63) is 29.8 Å². The minimum atomic E-state index is -4.30. The van der Waals surface area contributed by atoms with Gasteiger partial charge in [0.15, 0.2) is 6.61 Å². The maximum atomic E-state index is 12.0. The molecule has 0 spiro atoms. The summed E-state index contributed by atoms with van der Waals surface area (Å²) in [6.45, 7) is 0.837. The summed E-state index contributed by atoms with van der Waals surface area (Å²) in [5, 5.41) is 0. The lowest BCUT2D eigenvalue weighted by molar-refractivity contribution is -0.153. The molecule has 1 aliphatic carbocycles. The lowest BCUT2D eigenvalue weighted by atomic mass is 9.67. The summed E-state index contributed by atoms with van der Waals surface area (Å²) in [6, 6.07) is 7.03. The topological polar surface area (TPSA) is 35.2 Å². The van der Waals surface area contributed by atoms with Crippen LogP contribution in [0, 0.1) is 5.92 Å². The molecule has 2 nitrogen and oxygen atoms in total. The fourth-order valence-electron chi connectivity index (χ4n) is 2.24. The molecule has 1 saturated carbocycles. The van der Waals surface area contributed by atoms with Gasteiger partial charge >= 0.3 is 6.18 Å². The molecule has 1 aliphatic rings. The van der Waals surface area contributed by atoms with Gasteiger partial charge < -0.3 is 10.5 Å². The van der Waals surface area contributed by atoms with Crippen LogP contribution in [-0.2, 0) is 0 Å². The summed E-state index contributed by atoms with van der Waals surface area (Å²) in [5.41, 5.74) is 6.94. The third-order valence-corrected chi connectivity index (χ3v) is 3.55. The van der Waals surface area contributed by atoms with Crippen molar-refractivity contribution in [3.8, 4) is 5.75 Å². The molecule has 0 heterocycles. The predicted octanol–water partition coefficient (Wildman–Crippen LogP) is 3.08.